The number of rotatable bonds is 5. The summed E-state index contributed by atoms with van der Waals surface area (Å²) in [6.45, 7) is 7.27. The number of hydrogen-bond donors (Lipinski definition) is 1. The summed E-state index contributed by atoms with van der Waals surface area (Å²) in [6.07, 6.45) is 2.73. The highest BCUT2D eigenvalue weighted by molar-refractivity contribution is 5.72. The number of aldehydes is 1. The summed E-state index contributed by atoms with van der Waals surface area (Å²) in [5.41, 5.74) is 1.83. The Bertz CT molecular complexity index is 264. The molecule has 0 aliphatic carbocycles. The van der Waals surface area contributed by atoms with Crippen LogP contribution in [0.3, 0.4) is 0 Å². The second-order valence-electron chi connectivity index (χ2n) is 3.04. The van der Waals surface area contributed by atoms with Crippen LogP contribution in [0.1, 0.15) is 29.9 Å². The Labute approximate surface area is 78.8 Å². The Kier molecular flexibility index (Phi) is 3.71. The number of carbonyl (C=O) groups excluding carboxylic acids is 1. The zero-order valence-corrected chi connectivity index (χ0v) is 8.21. The number of nitrogens with one attached hydrogen (secondary N) is 1. The minimum atomic E-state index is 0.655. The lowest BCUT2D eigenvalue weighted by Crippen LogP contribution is -2.21. The van der Waals surface area contributed by atoms with Crippen molar-refractivity contribution in [2.75, 3.05) is 13.1 Å². The number of aromatic nitrogens is 1. The third-order valence-corrected chi connectivity index (χ3v) is 2.19. The highest BCUT2D eigenvalue weighted by atomic mass is 16.1. The normalized spacial score (nSPS) is 10.7. The molecule has 0 radical (unpaired) electrons. The molecule has 0 unspecified atom stereocenters. The van der Waals surface area contributed by atoms with Gasteiger partial charge in [0.15, 0.2) is 6.29 Å². The molecule has 3 nitrogen and oxygen atoms in total. The van der Waals surface area contributed by atoms with Gasteiger partial charge in [0.1, 0.15) is 0 Å². The second-order valence-corrected chi connectivity index (χ2v) is 3.04. The molecule has 0 aliphatic heterocycles. The van der Waals surface area contributed by atoms with Crippen molar-refractivity contribution in [2.45, 2.75) is 20.4 Å². The van der Waals surface area contributed by atoms with Crippen LogP contribution in [0, 0.1) is 0 Å². The molecule has 0 atom stereocenters. The van der Waals surface area contributed by atoms with Crippen LogP contribution in [0.5, 0.6) is 0 Å². The van der Waals surface area contributed by atoms with Crippen molar-refractivity contribution in [2.24, 2.45) is 0 Å². The number of carbonyl (C=O) groups is 1. The van der Waals surface area contributed by atoms with Crippen molar-refractivity contribution in [1.82, 2.24) is 9.88 Å². The molecule has 1 aromatic heterocycles. The summed E-state index contributed by atoms with van der Waals surface area (Å²) in [5, 5.41) is 0. The zero-order chi connectivity index (χ0) is 9.68. The number of aromatic amines is 1. The molecule has 0 saturated carbocycles. The van der Waals surface area contributed by atoms with Gasteiger partial charge in [-0.25, -0.2) is 0 Å². The van der Waals surface area contributed by atoms with Crippen LogP contribution in [0.15, 0.2) is 12.3 Å². The van der Waals surface area contributed by atoms with Crippen LogP contribution in [-0.4, -0.2) is 29.3 Å². The maximum absolute atomic E-state index is 10.4. The highest BCUT2D eigenvalue weighted by Gasteiger charge is 2.02. The summed E-state index contributed by atoms with van der Waals surface area (Å²) in [4.78, 5) is 15.6. The SMILES string of the molecule is CCN(CC)Cc1c[nH]c(C=O)c1. The van der Waals surface area contributed by atoms with Gasteiger partial charge in [-0.15, -0.1) is 0 Å². The maximum atomic E-state index is 10.4. The fraction of sp³-hybridized carbons (Fsp3) is 0.500. The molecule has 0 fully saturated rings. The molecule has 0 spiro atoms. The first-order valence-corrected chi connectivity index (χ1v) is 4.65. The standard InChI is InChI=1S/C10H16N2O/c1-3-12(4-2)7-9-5-10(8-13)11-6-9/h5-6,8,11H,3-4,7H2,1-2H3. The molecule has 0 aliphatic rings. The van der Waals surface area contributed by atoms with E-state index in [9.17, 15) is 4.79 Å². The largest absolute Gasteiger partial charge is 0.359 e. The van der Waals surface area contributed by atoms with Crippen LogP contribution in [-0.2, 0) is 6.54 Å². The van der Waals surface area contributed by atoms with E-state index in [1.54, 1.807) is 0 Å². The van der Waals surface area contributed by atoms with E-state index in [1.165, 1.54) is 5.56 Å². The molecular weight excluding hydrogens is 164 g/mol. The summed E-state index contributed by atoms with van der Waals surface area (Å²) >= 11 is 0. The van der Waals surface area contributed by atoms with Crippen molar-refractivity contribution in [3.05, 3.63) is 23.5 Å². The third-order valence-electron chi connectivity index (χ3n) is 2.19. The van der Waals surface area contributed by atoms with Crippen LogP contribution in [0.2, 0.25) is 0 Å². The van der Waals surface area contributed by atoms with Crippen LogP contribution in [0.25, 0.3) is 0 Å². The number of nitrogens with zero attached hydrogens (tertiary/aromatic N) is 1. The van der Waals surface area contributed by atoms with Gasteiger partial charge in [-0.3, -0.25) is 9.69 Å². The summed E-state index contributed by atoms with van der Waals surface area (Å²) in [7, 11) is 0. The van der Waals surface area contributed by atoms with E-state index in [0.29, 0.717) is 5.69 Å². The minimum Gasteiger partial charge on any atom is -0.359 e. The molecule has 0 aromatic carbocycles. The van der Waals surface area contributed by atoms with E-state index in [2.05, 4.69) is 23.7 Å². The van der Waals surface area contributed by atoms with Gasteiger partial charge in [0.2, 0.25) is 0 Å². The fourth-order valence-electron chi connectivity index (χ4n) is 1.32. The molecular formula is C10H16N2O. The number of H-pyrrole nitrogens is 1. The van der Waals surface area contributed by atoms with E-state index in [-0.39, 0.29) is 0 Å². The molecule has 3 heteroatoms. The van der Waals surface area contributed by atoms with Crippen LogP contribution in [0.4, 0.5) is 0 Å². The first-order valence-electron chi connectivity index (χ1n) is 4.65. The highest BCUT2D eigenvalue weighted by Crippen LogP contribution is 2.05. The van der Waals surface area contributed by atoms with Gasteiger partial charge < -0.3 is 4.98 Å². The third kappa shape index (κ3) is 2.70. The minimum absolute atomic E-state index is 0.655. The maximum Gasteiger partial charge on any atom is 0.166 e. The van der Waals surface area contributed by atoms with E-state index >= 15 is 0 Å². The lowest BCUT2D eigenvalue weighted by atomic mass is 10.3. The van der Waals surface area contributed by atoms with Crippen molar-refractivity contribution in [3.8, 4) is 0 Å². The van der Waals surface area contributed by atoms with Crippen molar-refractivity contribution < 1.29 is 4.79 Å². The predicted molar refractivity (Wildman–Crippen MR) is 52.8 cm³/mol. The molecule has 1 rings (SSSR count). The summed E-state index contributed by atoms with van der Waals surface area (Å²) in [6, 6.07) is 1.89. The zero-order valence-electron chi connectivity index (χ0n) is 8.21. The van der Waals surface area contributed by atoms with Crippen LogP contribution >= 0.6 is 0 Å². The molecule has 1 N–H and O–H groups in total. The van der Waals surface area contributed by atoms with Crippen molar-refractivity contribution >= 4 is 6.29 Å². The fourth-order valence-corrected chi connectivity index (χ4v) is 1.32. The topological polar surface area (TPSA) is 36.1 Å². The van der Waals surface area contributed by atoms with E-state index in [4.69, 9.17) is 0 Å². The number of hydrogen-bond acceptors (Lipinski definition) is 2. The molecule has 1 heterocycles. The smallest absolute Gasteiger partial charge is 0.166 e. The predicted octanol–water partition coefficient (Wildman–Crippen LogP) is 1.67. The average Bonchev–Trinajstić information content (AvgIpc) is 2.61. The van der Waals surface area contributed by atoms with Crippen molar-refractivity contribution in [3.63, 3.8) is 0 Å². The Morgan fingerprint density at radius 2 is 2.15 bits per heavy atom. The average molecular weight is 180 g/mol. The van der Waals surface area contributed by atoms with E-state index in [1.807, 2.05) is 12.3 Å². The Morgan fingerprint density at radius 1 is 1.46 bits per heavy atom. The van der Waals surface area contributed by atoms with Gasteiger partial charge in [0, 0.05) is 12.7 Å². The van der Waals surface area contributed by atoms with Crippen LogP contribution < -0.4 is 0 Å². The van der Waals surface area contributed by atoms with Gasteiger partial charge >= 0.3 is 0 Å². The molecule has 1 aromatic rings. The lowest BCUT2D eigenvalue weighted by Gasteiger charge is -2.16. The van der Waals surface area contributed by atoms with Gasteiger partial charge in [0.05, 0.1) is 5.69 Å². The molecule has 0 amide bonds. The van der Waals surface area contributed by atoms with E-state index < -0.39 is 0 Å². The Balaban J connectivity index is 2.57. The molecule has 0 bridgehead atoms. The first kappa shape index (κ1) is 9.99. The summed E-state index contributed by atoms with van der Waals surface area (Å²) < 4.78 is 0. The quantitative estimate of drug-likeness (QED) is 0.700. The lowest BCUT2D eigenvalue weighted by molar-refractivity contribution is 0.111. The van der Waals surface area contributed by atoms with Gasteiger partial charge in [0.25, 0.3) is 0 Å². The molecule has 0 saturated heterocycles. The van der Waals surface area contributed by atoms with Crippen molar-refractivity contribution in [1.29, 1.82) is 0 Å². The molecule has 72 valence electrons. The van der Waals surface area contributed by atoms with Gasteiger partial charge in [-0.1, -0.05) is 13.8 Å². The summed E-state index contributed by atoms with van der Waals surface area (Å²) in [5.74, 6) is 0. The first-order chi connectivity index (χ1) is 6.30. The monoisotopic (exact) mass is 180 g/mol. The molecule has 13 heavy (non-hydrogen) atoms. The second kappa shape index (κ2) is 4.82. The van der Waals surface area contributed by atoms with E-state index in [0.717, 1.165) is 25.9 Å². The van der Waals surface area contributed by atoms with Gasteiger partial charge in [-0.2, -0.15) is 0 Å². The van der Waals surface area contributed by atoms with Gasteiger partial charge in [-0.05, 0) is 24.7 Å². The Hall–Kier alpha value is -1.09. The Morgan fingerprint density at radius 3 is 2.62 bits per heavy atom.